The number of aliphatic carboxylic acids is 1. The number of alkyl halides is 3. The first-order chi connectivity index (χ1) is 17.5. The van der Waals surface area contributed by atoms with Gasteiger partial charge in [-0.3, -0.25) is 14.4 Å². The number of halogens is 4. The van der Waals surface area contributed by atoms with Crippen LogP contribution in [0.2, 0.25) is 0 Å². The van der Waals surface area contributed by atoms with Gasteiger partial charge in [0.25, 0.3) is 5.91 Å². The Labute approximate surface area is 215 Å². The molecule has 198 valence electrons. The van der Waals surface area contributed by atoms with Crippen molar-refractivity contribution in [3.05, 3.63) is 59.4 Å². The number of benzene rings is 2. The van der Waals surface area contributed by atoms with Gasteiger partial charge in [0.2, 0.25) is 5.91 Å². The van der Waals surface area contributed by atoms with E-state index >= 15 is 0 Å². The maximum atomic E-state index is 14.5. The summed E-state index contributed by atoms with van der Waals surface area (Å²) in [6.45, 7) is 2.06. The molecule has 1 aliphatic carbocycles. The average Bonchev–Trinajstić information content (AvgIpc) is 3.31. The van der Waals surface area contributed by atoms with Gasteiger partial charge in [0.05, 0.1) is 12.5 Å². The summed E-state index contributed by atoms with van der Waals surface area (Å²) in [6.07, 6.45) is 1.59. The van der Waals surface area contributed by atoms with E-state index in [0.29, 0.717) is 24.1 Å². The Kier molecular flexibility index (Phi) is 7.82. The van der Waals surface area contributed by atoms with Crippen molar-refractivity contribution in [3.8, 4) is 0 Å². The Hall–Kier alpha value is -3.08. The topological polar surface area (TPSA) is 77.9 Å². The molecule has 11 heteroatoms. The molecule has 6 nitrogen and oxygen atoms in total. The van der Waals surface area contributed by atoms with E-state index in [1.54, 1.807) is 16.7 Å². The van der Waals surface area contributed by atoms with E-state index in [4.69, 9.17) is 5.11 Å². The number of rotatable bonds is 7. The summed E-state index contributed by atoms with van der Waals surface area (Å²) in [4.78, 5) is 40.9. The number of amides is 2. The third-order valence-electron chi connectivity index (χ3n) is 6.94. The first-order valence-electron chi connectivity index (χ1n) is 12.0. The standard InChI is InChI=1S/C26H26F4N2O4S/c1-2-31(22(33)12-13-23(34)35)24-18-4-3-5-20(18)32(21-11-8-16(27)14-19(21)24)25(36)15-6-9-17(10-7-15)37-26(28,29)30/h6-11,14,18,20,24H,2-5,12-13H2,1H3,(H,34,35)/t18-,20+,24+/m0/s1. The number of nitrogens with zero attached hydrogens (tertiary/aromatic N) is 2. The van der Waals surface area contributed by atoms with Crippen LogP contribution in [0.15, 0.2) is 47.4 Å². The van der Waals surface area contributed by atoms with Crippen LogP contribution in [0.5, 0.6) is 0 Å². The molecule has 0 unspecified atom stereocenters. The number of fused-ring (bicyclic) bond motifs is 2. The van der Waals surface area contributed by atoms with Crippen molar-refractivity contribution in [1.29, 1.82) is 0 Å². The number of thioether (sulfide) groups is 1. The van der Waals surface area contributed by atoms with Crippen LogP contribution >= 0.6 is 11.8 Å². The minimum atomic E-state index is -4.44. The number of carboxylic acid groups (broad SMARTS) is 1. The van der Waals surface area contributed by atoms with Crippen molar-refractivity contribution in [3.63, 3.8) is 0 Å². The molecule has 2 aliphatic rings. The fourth-order valence-corrected chi connectivity index (χ4v) is 6.07. The smallest absolute Gasteiger partial charge is 0.446 e. The lowest BCUT2D eigenvalue weighted by molar-refractivity contribution is -0.142. The molecule has 0 aromatic heterocycles. The molecule has 3 atom stereocenters. The van der Waals surface area contributed by atoms with Crippen molar-refractivity contribution in [2.75, 3.05) is 11.4 Å². The van der Waals surface area contributed by atoms with Crippen LogP contribution < -0.4 is 4.90 Å². The highest BCUT2D eigenvalue weighted by molar-refractivity contribution is 8.00. The van der Waals surface area contributed by atoms with Crippen molar-refractivity contribution >= 4 is 35.2 Å². The Morgan fingerprint density at radius 3 is 2.41 bits per heavy atom. The van der Waals surface area contributed by atoms with E-state index in [-0.39, 0.29) is 59.5 Å². The van der Waals surface area contributed by atoms with Crippen molar-refractivity contribution in [1.82, 2.24) is 4.90 Å². The van der Waals surface area contributed by atoms with Gasteiger partial charge in [-0.15, -0.1) is 0 Å². The maximum Gasteiger partial charge on any atom is 0.446 e. The lowest BCUT2D eigenvalue weighted by Gasteiger charge is -2.47. The Morgan fingerprint density at radius 2 is 1.78 bits per heavy atom. The summed E-state index contributed by atoms with van der Waals surface area (Å²) in [5.74, 6) is -2.59. The zero-order valence-electron chi connectivity index (χ0n) is 20.0. The predicted octanol–water partition coefficient (Wildman–Crippen LogP) is 6.02. The van der Waals surface area contributed by atoms with Gasteiger partial charge in [0.1, 0.15) is 5.82 Å². The van der Waals surface area contributed by atoms with Crippen LogP contribution in [-0.2, 0) is 9.59 Å². The summed E-state index contributed by atoms with van der Waals surface area (Å²) in [5.41, 5.74) is -3.33. The van der Waals surface area contributed by atoms with Crippen LogP contribution in [-0.4, -0.2) is 45.9 Å². The Bertz CT molecular complexity index is 1190. The second-order valence-electron chi connectivity index (χ2n) is 9.13. The zero-order valence-corrected chi connectivity index (χ0v) is 20.8. The molecular weight excluding hydrogens is 512 g/mol. The number of hydrogen-bond donors (Lipinski definition) is 1. The highest BCUT2D eigenvalue weighted by Crippen LogP contribution is 2.51. The summed E-state index contributed by atoms with van der Waals surface area (Å²) in [7, 11) is 0. The van der Waals surface area contributed by atoms with Crippen LogP contribution in [0.25, 0.3) is 0 Å². The summed E-state index contributed by atoms with van der Waals surface area (Å²) < 4.78 is 52.6. The number of hydrogen-bond acceptors (Lipinski definition) is 4. The van der Waals surface area contributed by atoms with Crippen LogP contribution in [0.3, 0.4) is 0 Å². The normalized spacial score (nSPS) is 20.8. The fraction of sp³-hybridized carbons (Fsp3) is 0.423. The number of carboxylic acids is 1. The highest BCUT2D eigenvalue weighted by atomic mass is 32.2. The molecular formula is C26H26F4N2O4S. The second kappa shape index (κ2) is 10.7. The molecule has 2 amide bonds. The third-order valence-corrected chi connectivity index (χ3v) is 7.68. The molecule has 4 rings (SSSR count). The first-order valence-corrected chi connectivity index (χ1v) is 12.8. The van der Waals surface area contributed by atoms with Crippen molar-refractivity contribution in [2.45, 2.75) is 61.5 Å². The van der Waals surface area contributed by atoms with E-state index in [1.807, 2.05) is 0 Å². The van der Waals surface area contributed by atoms with E-state index in [0.717, 1.165) is 6.42 Å². The second-order valence-corrected chi connectivity index (χ2v) is 10.3. The SMILES string of the molecule is CCN(C(=O)CCC(=O)O)[C@H]1c2cc(F)ccc2N(C(=O)c2ccc(SC(F)(F)F)cc2)[C@@H]2CCC[C@@H]21. The highest BCUT2D eigenvalue weighted by Gasteiger charge is 2.48. The molecule has 0 spiro atoms. The molecule has 1 saturated carbocycles. The van der Waals surface area contributed by atoms with Crippen LogP contribution in [0.4, 0.5) is 23.2 Å². The molecule has 1 fully saturated rings. The number of carbonyl (C=O) groups excluding carboxylic acids is 2. The molecule has 0 saturated heterocycles. The van der Waals surface area contributed by atoms with Gasteiger partial charge < -0.3 is 14.9 Å². The van der Waals surface area contributed by atoms with Gasteiger partial charge in [-0.2, -0.15) is 13.2 Å². The lowest BCUT2D eigenvalue weighted by atomic mass is 9.81. The summed E-state index contributed by atoms with van der Waals surface area (Å²) >= 11 is -0.264. The van der Waals surface area contributed by atoms with Crippen LogP contribution in [0, 0.1) is 11.7 Å². The van der Waals surface area contributed by atoms with E-state index in [1.165, 1.54) is 42.5 Å². The lowest BCUT2D eigenvalue weighted by Crippen LogP contribution is -2.52. The molecule has 2 aromatic rings. The summed E-state index contributed by atoms with van der Waals surface area (Å²) in [5, 5.41) is 9.03. The quantitative estimate of drug-likeness (QED) is 0.345. The molecule has 0 radical (unpaired) electrons. The Balaban J connectivity index is 1.72. The minimum Gasteiger partial charge on any atom is -0.481 e. The van der Waals surface area contributed by atoms with Gasteiger partial charge in [-0.1, -0.05) is 6.42 Å². The molecule has 1 aliphatic heterocycles. The zero-order chi connectivity index (χ0) is 26.9. The monoisotopic (exact) mass is 538 g/mol. The van der Waals surface area contributed by atoms with Crippen LogP contribution in [0.1, 0.15) is 61.0 Å². The van der Waals surface area contributed by atoms with Crippen molar-refractivity contribution in [2.24, 2.45) is 5.92 Å². The third kappa shape index (κ3) is 5.76. The number of carbonyl (C=O) groups is 3. The average molecular weight is 539 g/mol. The Morgan fingerprint density at radius 1 is 1.08 bits per heavy atom. The van der Waals surface area contributed by atoms with E-state index in [2.05, 4.69) is 0 Å². The summed E-state index contributed by atoms with van der Waals surface area (Å²) in [6, 6.07) is 8.40. The molecule has 2 aromatic carbocycles. The van der Waals surface area contributed by atoms with Gasteiger partial charge in [-0.05, 0) is 74.0 Å². The first kappa shape index (κ1) is 27.0. The number of anilines is 1. The predicted molar refractivity (Wildman–Crippen MR) is 130 cm³/mol. The maximum absolute atomic E-state index is 14.5. The minimum absolute atomic E-state index is 0.0394. The molecule has 1 heterocycles. The molecule has 0 bridgehead atoms. The molecule has 1 N–H and O–H groups in total. The van der Waals surface area contributed by atoms with E-state index in [9.17, 15) is 31.9 Å². The van der Waals surface area contributed by atoms with E-state index < -0.39 is 29.2 Å². The van der Waals surface area contributed by atoms with Gasteiger partial charge in [0, 0.05) is 46.6 Å². The largest absolute Gasteiger partial charge is 0.481 e. The van der Waals surface area contributed by atoms with Crippen molar-refractivity contribution < 1.29 is 37.1 Å². The van der Waals surface area contributed by atoms with Gasteiger partial charge in [-0.25, -0.2) is 4.39 Å². The van der Waals surface area contributed by atoms with Gasteiger partial charge >= 0.3 is 11.5 Å². The molecule has 37 heavy (non-hydrogen) atoms. The van der Waals surface area contributed by atoms with Gasteiger partial charge in [0.15, 0.2) is 0 Å². The fourth-order valence-electron chi connectivity index (χ4n) is 5.53.